The zero-order valence-corrected chi connectivity index (χ0v) is 32.8. The maximum absolute atomic E-state index is 12.8. The predicted molar refractivity (Wildman–Crippen MR) is 211 cm³/mol. The molecule has 46 heavy (non-hydrogen) atoms. The molecule has 274 valence electrons. The number of nitrogens with one attached hydrogen (secondary N) is 1. The van der Waals surface area contributed by atoms with Crippen LogP contribution in [-0.2, 0) is 11.0 Å². The molecule has 3 nitrogen and oxygen atoms in total. The van der Waals surface area contributed by atoms with Crippen LogP contribution in [0.3, 0.4) is 0 Å². The van der Waals surface area contributed by atoms with Gasteiger partial charge >= 0.3 is 0 Å². The summed E-state index contributed by atoms with van der Waals surface area (Å²) in [4.78, 5) is 2.19. The minimum Gasteiger partial charge on any atom is -0.309 e. The van der Waals surface area contributed by atoms with Crippen LogP contribution in [0.4, 0.5) is 0 Å². The summed E-state index contributed by atoms with van der Waals surface area (Å²) >= 11 is 0. The maximum atomic E-state index is 12.8. The van der Waals surface area contributed by atoms with Gasteiger partial charge in [0.15, 0.2) is 0 Å². The van der Waals surface area contributed by atoms with Crippen LogP contribution >= 0.6 is 0 Å². The Labute approximate surface area is 293 Å². The first kappa shape index (κ1) is 45.6. The van der Waals surface area contributed by atoms with Crippen molar-refractivity contribution in [2.45, 2.75) is 219 Å². The van der Waals surface area contributed by atoms with E-state index in [1.165, 1.54) is 193 Å². The molecule has 0 amide bonds. The maximum Gasteiger partial charge on any atom is 0.0918 e. The van der Waals surface area contributed by atoms with Gasteiger partial charge in [0.25, 0.3) is 0 Å². The second-order valence-electron chi connectivity index (χ2n) is 14.5. The van der Waals surface area contributed by atoms with Crippen molar-refractivity contribution in [1.82, 2.24) is 9.62 Å². The fraction of sp³-hybridized carbons (Fsp3) is 0.905. The van der Waals surface area contributed by atoms with E-state index >= 15 is 0 Å². The van der Waals surface area contributed by atoms with Gasteiger partial charge in [0.2, 0.25) is 0 Å². The van der Waals surface area contributed by atoms with Gasteiger partial charge in [0, 0.05) is 11.8 Å². The second kappa shape index (κ2) is 39.0. The van der Waals surface area contributed by atoms with Crippen molar-refractivity contribution >= 4 is 11.0 Å². The van der Waals surface area contributed by atoms with Crippen molar-refractivity contribution < 1.29 is 4.21 Å². The highest BCUT2D eigenvalue weighted by Gasteiger charge is 2.12. The minimum absolute atomic E-state index is 0.428. The molecule has 1 N–H and O–H groups in total. The molecule has 0 radical (unpaired) electrons. The molecule has 0 aromatic carbocycles. The summed E-state index contributed by atoms with van der Waals surface area (Å²) < 4.78 is 16.3. The minimum atomic E-state index is -0.891. The van der Waals surface area contributed by atoms with Crippen LogP contribution < -0.4 is 4.72 Å². The van der Waals surface area contributed by atoms with Crippen LogP contribution in [-0.4, -0.2) is 41.5 Å². The smallest absolute Gasteiger partial charge is 0.0918 e. The lowest BCUT2D eigenvalue weighted by Crippen LogP contribution is -2.33. The van der Waals surface area contributed by atoms with Gasteiger partial charge in [-0.15, -0.1) is 0 Å². The quantitative estimate of drug-likeness (QED) is 0.0526. The van der Waals surface area contributed by atoms with Gasteiger partial charge in [0.1, 0.15) is 0 Å². The summed E-state index contributed by atoms with van der Waals surface area (Å²) in [5.41, 5.74) is 0. The molecule has 0 aliphatic heterocycles. The van der Waals surface area contributed by atoms with Crippen molar-refractivity contribution in [2.24, 2.45) is 0 Å². The third-order valence-corrected chi connectivity index (χ3v) is 10.6. The first-order valence-electron chi connectivity index (χ1n) is 20.7. The topological polar surface area (TPSA) is 32.3 Å². The highest BCUT2D eigenvalue weighted by atomic mass is 32.2. The van der Waals surface area contributed by atoms with E-state index in [1.54, 1.807) is 0 Å². The number of hydrogen-bond acceptors (Lipinski definition) is 2. The monoisotopic (exact) mass is 665 g/mol. The highest BCUT2D eigenvalue weighted by Crippen LogP contribution is 2.17. The lowest BCUT2D eigenvalue weighted by atomic mass is 10.0. The average Bonchev–Trinajstić information content (AvgIpc) is 3.04. The number of unbranched alkanes of at least 4 members (excludes halogenated alkanes) is 24. The zero-order chi connectivity index (χ0) is 33.6. The van der Waals surface area contributed by atoms with Gasteiger partial charge in [-0.1, -0.05) is 167 Å². The Balaban J connectivity index is 3.93. The van der Waals surface area contributed by atoms with Crippen LogP contribution in [0.2, 0.25) is 0 Å². The lowest BCUT2D eigenvalue weighted by Gasteiger charge is -2.19. The van der Waals surface area contributed by atoms with Crippen LogP contribution in [0.5, 0.6) is 0 Å². The fourth-order valence-corrected chi connectivity index (χ4v) is 7.41. The molecule has 2 unspecified atom stereocenters. The van der Waals surface area contributed by atoms with Crippen molar-refractivity contribution in [3.8, 4) is 0 Å². The van der Waals surface area contributed by atoms with Gasteiger partial charge in [0.05, 0.1) is 11.0 Å². The van der Waals surface area contributed by atoms with Gasteiger partial charge in [-0.05, 0) is 91.3 Å². The van der Waals surface area contributed by atoms with E-state index in [9.17, 15) is 4.21 Å². The number of hydrogen-bond donors (Lipinski definition) is 1. The van der Waals surface area contributed by atoms with Crippen molar-refractivity contribution in [3.63, 3.8) is 0 Å². The third kappa shape index (κ3) is 38.0. The van der Waals surface area contributed by atoms with Gasteiger partial charge in [-0.2, -0.15) is 0 Å². The molecule has 0 rings (SSSR count). The predicted octanol–water partition coefficient (Wildman–Crippen LogP) is 13.4. The highest BCUT2D eigenvalue weighted by molar-refractivity contribution is 7.83. The van der Waals surface area contributed by atoms with Crippen LogP contribution in [0.25, 0.3) is 0 Å². The summed E-state index contributed by atoms with van der Waals surface area (Å²) in [5.74, 6) is 0.775. The standard InChI is InChI=1S/C42H84N2OS/c1-5-7-9-11-13-15-17-19-21-23-25-27-29-31-33-35-38-42(43-46(45)41-37-40-44(3)4)39-36-34-32-30-28-26-24-22-20-18-16-14-12-10-8-6-2/h13,15,20,22,42-43H,5-12,14,16-19,21,23-41H2,1-4H3/b15-13-,22-20-. The lowest BCUT2D eigenvalue weighted by molar-refractivity contribution is 0.408. The normalized spacial score (nSPS) is 13.5. The van der Waals surface area contributed by atoms with Crippen molar-refractivity contribution in [2.75, 3.05) is 26.4 Å². The number of nitrogens with zero attached hydrogens (tertiary/aromatic N) is 1. The van der Waals surface area contributed by atoms with E-state index < -0.39 is 11.0 Å². The van der Waals surface area contributed by atoms with Gasteiger partial charge in [-0.3, -0.25) is 0 Å². The molecule has 0 fully saturated rings. The molecule has 2 atom stereocenters. The Morgan fingerprint density at radius 3 is 1.20 bits per heavy atom. The van der Waals surface area contributed by atoms with E-state index in [0.29, 0.717) is 6.04 Å². The molecule has 0 aromatic rings. The fourth-order valence-electron chi connectivity index (χ4n) is 6.30. The van der Waals surface area contributed by atoms with Gasteiger partial charge < -0.3 is 4.90 Å². The van der Waals surface area contributed by atoms with E-state index in [2.05, 4.69) is 61.9 Å². The second-order valence-corrected chi connectivity index (χ2v) is 15.8. The van der Waals surface area contributed by atoms with E-state index in [1.807, 2.05) is 0 Å². The zero-order valence-electron chi connectivity index (χ0n) is 32.0. The first-order chi connectivity index (χ1) is 22.6. The molecule has 0 spiro atoms. The Kier molecular flexibility index (Phi) is 38.6. The Bertz CT molecular complexity index is 662. The largest absolute Gasteiger partial charge is 0.309 e. The van der Waals surface area contributed by atoms with Crippen LogP contribution in [0.15, 0.2) is 24.3 Å². The molecule has 0 aliphatic rings. The van der Waals surface area contributed by atoms with E-state index in [4.69, 9.17) is 0 Å². The molecule has 0 heterocycles. The van der Waals surface area contributed by atoms with Crippen molar-refractivity contribution in [3.05, 3.63) is 24.3 Å². The summed E-state index contributed by atoms with van der Waals surface area (Å²) in [6.07, 6.45) is 51.0. The Hall–Kier alpha value is -0.450. The Morgan fingerprint density at radius 1 is 0.478 bits per heavy atom. The molecular formula is C42H84N2OS. The van der Waals surface area contributed by atoms with Gasteiger partial charge in [-0.25, -0.2) is 8.93 Å². The molecule has 0 saturated carbocycles. The molecule has 0 aliphatic carbocycles. The summed E-state index contributed by atoms with van der Waals surface area (Å²) in [5, 5.41) is 0. The van der Waals surface area contributed by atoms with Crippen molar-refractivity contribution in [1.29, 1.82) is 0 Å². The van der Waals surface area contributed by atoms with E-state index in [-0.39, 0.29) is 0 Å². The summed E-state index contributed by atoms with van der Waals surface area (Å²) in [6, 6.07) is 0.428. The number of allylic oxidation sites excluding steroid dienone is 4. The molecule has 4 heteroatoms. The van der Waals surface area contributed by atoms with Crippen LogP contribution in [0, 0.1) is 0 Å². The molecule has 0 saturated heterocycles. The van der Waals surface area contributed by atoms with Crippen LogP contribution in [0.1, 0.15) is 213 Å². The number of rotatable bonds is 38. The summed E-state index contributed by atoms with van der Waals surface area (Å²) in [6.45, 7) is 5.58. The Morgan fingerprint density at radius 2 is 0.804 bits per heavy atom. The SMILES string of the molecule is CCCCC/C=C\CCCCCCCCCCCC(CCCCCCCC/C=C\CCCCCCCC)NS(=O)CCCN(C)C. The third-order valence-electron chi connectivity index (χ3n) is 9.36. The first-order valence-corrected chi connectivity index (χ1v) is 22.0. The molecular weight excluding hydrogens is 581 g/mol. The summed E-state index contributed by atoms with van der Waals surface area (Å²) in [7, 11) is 3.31. The molecule has 0 aromatic heterocycles. The molecule has 0 bridgehead atoms. The average molecular weight is 665 g/mol. The van der Waals surface area contributed by atoms with E-state index in [0.717, 1.165) is 18.7 Å².